The summed E-state index contributed by atoms with van der Waals surface area (Å²) < 4.78 is 5.88. The first-order valence-electron chi connectivity index (χ1n) is 9.15. The molecule has 0 aliphatic rings. The van der Waals surface area contributed by atoms with Crippen LogP contribution in [0.3, 0.4) is 0 Å². The van der Waals surface area contributed by atoms with Crippen molar-refractivity contribution >= 4 is 21.8 Å². The summed E-state index contributed by atoms with van der Waals surface area (Å²) in [5, 5.41) is 29.9. The van der Waals surface area contributed by atoms with Gasteiger partial charge in [0.1, 0.15) is 23.3 Å². The first-order chi connectivity index (χ1) is 14.1. The van der Waals surface area contributed by atoms with Gasteiger partial charge in [0.25, 0.3) is 0 Å². The number of hydrogen-bond acceptors (Lipinski definition) is 5. The summed E-state index contributed by atoms with van der Waals surface area (Å²) in [4.78, 5) is 4.75. The molecule has 5 rings (SSSR count). The predicted molar refractivity (Wildman–Crippen MR) is 110 cm³/mol. The van der Waals surface area contributed by atoms with E-state index in [2.05, 4.69) is 16.3 Å². The number of nitriles is 1. The van der Waals surface area contributed by atoms with E-state index in [0.717, 1.165) is 27.8 Å². The van der Waals surface area contributed by atoms with Crippen LogP contribution in [0.2, 0.25) is 0 Å². The number of aromatic amines is 1. The van der Waals surface area contributed by atoms with Gasteiger partial charge in [-0.2, -0.15) is 10.4 Å². The van der Waals surface area contributed by atoms with Gasteiger partial charge in [0.2, 0.25) is 0 Å². The van der Waals surface area contributed by atoms with Crippen molar-refractivity contribution in [1.82, 2.24) is 15.2 Å². The molecule has 0 spiro atoms. The molecule has 0 fully saturated rings. The Bertz CT molecular complexity index is 1450. The summed E-state index contributed by atoms with van der Waals surface area (Å²) in [5.74, 6) is 1.54. The maximum absolute atomic E-state index is 10.3. The first kappa shape index (κ1) is 17.0. The van der Waals surface area contributed by atoms with Gasteiger partial charge in [0, 0.05) is 10.9 Å². The monoisotopic (exact) mass is 380 g/mol. The molecule has 0 saturated carbocycles. The summed E-state index contributed by atoms with van der Waals surface area (Å²) in [6.07, 6.45) is 0. The molecule has 6 nitrogen and oxygen atoms in total. The lowest BCUT2D eigenvalue weighted by atomic mass is 9.94. The van der Waals surface area contributed by atoms with Crippen LogP contribution < -0.4 is 0 Å². The average Bonchev–Trinajstić information content (AvgIpc) is 3.33. The zero-order chi connectivity index (χ0) is 20.1. The highest BCUT2D eigenvalue weighted by molar-refractivity contribution is 6.05. The number of phenols is 1. The Morgan fingerprint density at radius 2 is 1.83 bits per heavy atom. The van der Waals surface area contributed by atoms with Gasteiger partial charge in [-0.25, -0.2) is 4.98 Å². The third kappa shape index (κ3) is 2.48. The van der Waals surface area contributed by atoms with Gasteiger partial charge in [0.05, 0.1) is 27.9 Å². The molecular formula is C23H16N4O2. The molecule has 0 unspecified atom stereocenters. The standard InChI is InChI=1S/C23H16N4O2/c1-12-7-10-19(29-12)21-17(11-24)22(25-23-20(21)13(2)26-27-23)16-8-9-18(28)15-6-4-3-5-14(15)16/h3-10,28H,1-2H3,(H,25,26,27). The predicted octanol–water partition coefficient (Wildman–Crippen LogP) is 5.23. The van der Waals surface area contributed by atoms with Crippen LogP contribution in [0.15, 0.2) is 52.9 Å². The topological polar surface area (TPSA) is 98.7 Å². The normalized spacial score (nSPS) is 11.2. The molecule has 0 aliphatic carbocycles. The minimum Gasteiger partial charge on any atom is -0.507 e. The van der Waals surface area contributed by atoms with Crippen LogP contribution in [0.4, 0.5) is 0 Å². The van der Waals surface area contributed by atoms with Gasteiger partial charge in [-0.05, 0) is 43.5 Å². The molecule has 0 atom stereocenters. The van der Waals surface area contributed by atoms with Crippen molar-refractivity contribution in [3.8, 4) is 34.4 Å². The lowest BCUT2D eigenvalue weighted by Gasteiger charge is -2.12. The number of benzene rings is 2. The van der Waals surface area contributed by atoms with Crippen LogP contribution in [0, 0.1) is 25.2 Å². The smallest absolute Gasteiger partial charge is 0.156 e. The molecule has 0 saturated heterocycles. The largest absolute Gasteiger partial charge is 0.507 e. The number of furan rings is 1. The van der Waals surface area contributed by atoms with Crippen LogP contribution >= 0.6 is 0 Å². The Labute approximate surface area is 166 Å². The fourth-order valence-corrected chi connectivity index (χ4v) is 3.82. The molecule has 2 N–H and O–H groups in total. The molecule has 3 aromatic heterocycles. The van der Waals surface area contributed by atoms with Crippen molar-refractivity contribution < 1.29 is 9.52 Å². The summed E-state index contributed by atoms with van der Waals surface area (Å²) >= 11 is 0. The first-order valence-corrected chi connectivity index (χ1v) is 9.15. The van der Waals surface area contributed by atoms with Crippen molar-refractivity contribution in [2.45, 2.75) is 13.8 Å². The number of phenolic OH excluding ortho intramolecular Hbond substituents is 1. The molecule has 29 heavy (non-hydrogen) atoms. The van der Waals surface area contributed by atoms with E-state index in [9.17, 15) is 10.4 Å². The molecule has 0 amide bonds. The number of pyridine rings is 1. The van der Waals surface area contributed by atoms with E-state index in [-0.39, 0.29) is 5.75 Å². The summed E-state index contributed by atoms with van der Waals surface area (Å²) in [6, 6.07) is 17.0. The number of fused-ring (bicyclic) bond motifs is 2. The minimum atomic E-state index is 0.184. The zero-order valence-electron chi connectivity index (χ0n) is 15.8. The quantitative estimate of drug-likeness (QED) is 0.437. The van der Waals surface area contributed by atoms with E-state index < -0.39 is 0 Å². The van der Waals surface area contributed by atoms with Crippen molar-refractivity contribution in [2.75, 3.05) is 0 Å². The lowest BCUT2D eigenvalue weighted by molar-refractivity contribution is 0.481. The Morgan fingerprint density at radius 3 is 2.55 bits per heavy atom. The van der Waals surface area contributed by atoms with Gasteiger partial charge in [-0.3, -0.25) is 5.10 Å². The lowest BCUT2D eigenvalue weighted by Crippen LogP contribution is -1.96. The summed E-state index contributed by atoms with van der Waals surface area (Å²) in [6.45, 7) is 3.74. The highest BCUT2D eigenvalue weighted by Gasteiger charge is 2.24. The fraction of sp³-hybridized carbons (Fsp3) is 0.0870. The van der Waals surface area contributed by atoms with E-state index in [0.29, 0.717) is 33.6 Å². The molecule has 0 radical (unpaired) electrons. The third-order valence-corrected chi connectivity index (χ3v) is 5.14. The Balaban J connectivity index is 1.95. The molecule has 5 aromatic rings. The van der Waals surface area contributed by atoms with Crippen LogP contribution in [-0.4, -0.2) is 20.3 Å². The van der Waals surface area contributed by atoms with Crippen molar-refractivity contribution in [3.63, 3.8) is 0 Å². The third-order valence-electron chi connectivity index (χ3n) is 5.14. The van der Waals surface area contributed by atoms with Crippen molar-refractivity contribution in [3.05, 3.63) is 65.5 Å². The maximum Gasteiger partial charge on any atom is 0.156 e. The van der Waals surface area contributed by atoms with Gasteiger partial charge >= 0.3 is 0 Å². The number of rotatable bonds is 2. The number of H-pyrrole nitrogens is 1. The SMILES string of the molecule is Cc1ccc(-c2c(C#N)c(-c3ccc(O)c4ccccc34)nc3[nH]nc(C)c23)o1. The summed E-state index contributed by atoms with van der Waals surface area (Å²) in [5.41, 5.74) is 3.68. The van der Waals surface area contributed by atoms with E-state index in [1.807, 2.05) is 50.2 Å². The van der Waals surface area contributed by atoms with Crippen LogP contribution in [0.1, 0.15) is 17.0 Å². The Hall–Kier alpha value is -4.11. The minimum absolute atomic E-state index is 0.184. The number of aromatic hydroxyl groups is 1. The van der Waals surface area contributed by atoms with E-state index >= 15 is 0 Å². The Morgan fingerprint density at radius 1 is 1.03 bits per heavy atom. The highest BCUT2D eigenvalue weighted by Crippen LogP contribution is 2.41. The maximum atomic E-state index is 10.3. The second-order valence-corrected chi connectivity index (χ2v) is 6.94. The Kier molecular flexibility index (Phi) is 3.65. The fourth-order valence-electron chi connectivity index (χ4n) is 3.82. The molecular weight excluding hydrogens is 364 g/mol. The number of aromatic nitrogens is 3. The van der Waals surface area contributed by atoms with Gasteiger partial charge in [-0.1, -0.05) is 24.3 Å². The van der Waals surface area contributed by atoms with Crippen LogP contribution in [0.25, 0.3) is 44.4 Å². The zero-order valence-corrected chi connectivity index (χ0v) is 15.8. The number of nitrogens with zero attached hydrogens (tertiary/aromatic N) is 3. The molecule has 0 bridgehead atoms. The van der Waals surface area contributed by atoms with Crippen molar-refractivity contribution in [1.29, 1.82) is 5.26 Å². The summed E-state index contributed by atoms with van der Waals surface area (Å²) in [7, 11) is 0. The van der Waals surface area contributed by atoms with Gasteiger partial charge in [0.15, 0.2) is 5.65 Å². The molecule has 140 valence electrons. The van der Waals surface area contributed by atoms with Gasteiger partial charge in [-0.15, -0.1) is 0 Å². The van der Waals surface area contributed by atoms with E-state index in [1.54, 1.807) is 12.1 Å². The molecule has 6 heteroatoms. The highest BCUT2D eigenvalue weighted by atomic mass is 16.3. The molecule has 3 heterocycles. The van der Waals surface area contributed by atoms with E-state index in [4.69, 9.17) is 9.40 Å². The average molecular weight is 380 g/mol. The van der Waals surface area contributed by atoms with Crippen LogP contribution in [-0.2, 0) is 0 Å². The van der Waals surface area contributed by atoms with Crippen LogP contribution in [0.5, 0.6) is 5.75 Å². The van der Waals surface area contributed by atoms with Gasteiger partial charge < -0.3 is 9.52 Å². The number of nitrogens with one attached hydrogen (secondary N) is 1. The molecule has 2 aromatic carbocycles. The number of aryl methyl sites for hydroxylation is 2. The van der Waals surface area contributed by atoms with Crippen molar-refractivity contribution in [2.24, 2.45) is 0 Å². The van der Waals surface area contributed by atoms with E-state index in [1.165, 1.54) is 0 Å². The second kappa shape index (κ2) is 6.21. The number of hydrogen-bond donors (Lipinski definition) is 2. The second-order valence-electron chi connectivity index (χ2n) is 6.94. The molecule has 0 aliphatic heterocycles.